The highest BCUT2D eigenvalue weighted by molar-refractivity contribution is 9.10. The molecule has 0 saturated carbocycles. The van der Waals surface area contributed by atoms with E-state index in [1.54, 1.807) is 6.08 Å². The third-order valence-electron chi connectivity index (χ3n) is 2.55. The Balaban J connectivity index is 2.67. The number of rotatable bonds is 8. The number of nitrogens with zero attached hydrogens (tertiary/aromatic N) is 1. The van der Waals surface area contributed by atoms with E-state index in [4.69, 9.17) is 5.73 Å². The van der Waals surface area contributed by atoms with Gasteiger partial charge in [-0.3, -0.25) is 9.59 Å². The standard InChI is InChI=1S/C14H18BrN3O2/c1-2-7-17-8-14(20)18(10-13(16)19)9-11-3-5-12(15)6-4-11/h2-6,17H,1,7-10H2,(H2,16,19). The van der Waals surface area contributed by atoms with Gasteiger partial charge in [-0.1, -0.05) is 34.1 Å². The fourth-order valence-electron chi connectivity index (χ4n) is 1.62. The topological polar surface area (TPSA) is 75.4 Å². The SMILES string of the molecule is C=CCNCC(=O)N(CC(N)=O)Cc1ccc(Br)cc1. The Hall–Kier alpha value is -1.66. The molecule has 1 aromatic rings. The molecule has 0 aromatic heterocycles. The van der Waals surface area contributed by atoms with Gasteiger partial charge in [-0.15, -0.1) is 6.58 Å². The zero-order valence-corrected chi connectivity index (χ0v) is 12.7. The van der Waals surface area contributed by atoms with Crippen molar-refractivity contribution in [1.82, 2.24) is 10.2 Å². The van der Waals surface area contributed by atoms with Gasteiger partial charge in [-0.25, -0.2) is 0 Å². The molecule has 0 spiro atoms. The summed E-state index contributed by atoms with van der Waals surface area (Å²) in [5.74, 6) is -0.701. The lowest BCUT2D eigenvalue weighted by Crippen LogP contribution is -2.42. The van der Waals surface area contributed by atoms with Crippen LogP contribution in [0.2, 0.25) is 0 Å². The van der Waals surface area contributed by atoms with Crippen LogP contribution in [-0.4, -0.2) is 36.3 Å². The Morgan fingerprint density at radius 2 is 2.00 bits per heavy atom. The molecule has 5 nitrogen and oxygen atoms in total. The first kappa shape index (κ1) is 16.4. The molecule has 0 atom stereocenters. The van der Waals surface area contributed by atoms with Crippen molar-refractivity contribution in [3.63, 3.8) is 0 Å². The van der Waals surface area contributed by atoms with Crippen LogP contribution in [0.5, 0.6) is 0 Å². The van der Waals surface area contributed by atoms with Crippen LogP contribution in [0, 0.1) is 0 Å². The molecule has 0 radical (unpaired) electrons. The van der Waals surface area contributed by atoms with E-state index in [9.17, 15) is 9.59 Å². The zero-order valence-electron chi connectivity index (χ0n) is 11.1. The van der Waals surface area contributed by atoms with E-state index in [0.29, 0.717) is 13.1 Å². The van der Waals surface area contributed by atoms with E-state index in [1.807, 2.05) is 24.3 Å². The molecule has 1 aromatic carbocycles. The second kappa shape index (κ2) is 8.50. The minimum absolute atomic E-state index is 0.0926. The molecular weight excluding hydrogens is 322 g/mol. The molecule has 0 aliphatic heterocycles. The van der Waals surface area contributed by atoms with Crippen molar-refractivity contribution < 1.29 is 9.59 Å². The maximum absolute atomic E-state index is 12.0. The van der Waals surface area contributed by atoms with Gasteiger partial charge in [0.2, 0.25) is 11.8 Å². The minimum Gasteiger partial charge on any atom is -0.368 e. The molecule has 0 unspecified atom stereocenters. The summed E-state index contributed by atoms with van der Waals surface area (Å²) < 4.78 is 0.960. The molecule has 0 saturated heterocycles. The molecule has 1 rings (SSSR count). The highest BCUT2D eigenvalue weighted by Crippen LogP contribution is 2.12. The van der Waals surface area contributed by atoms with Crippen LogP contribution in [0.15, 0.2) is 41.4 Å². The number of benzene rings is 1. The van der Waals surface area contributed by atoms with Crippen molar-refractivity contribution in [3.05, 3.63) is 47.0 Å². The molecule has 0 heterocycles. The third kappa shape index (κ3) is 5.99. The fourth-order valence-corrected chi connectivity index (χ4v) is 1.89. The molecular formula is C14H18BrN3O2. The van der Waals surface area contributed by atoms with E-state index < -0.39 is 5.91 Å². The average Bonchev–Trinajstić information content (AvgIpc) is 2.40. The average molecular weight is 340 g/mol. The zero-order chi connectivity index (χ0) is 15.0. The lowest BCUT2D eigenvalue weighted by molar-refractivity contribution is -0.134. The van der Waals surface area contributed by atoms with E-state index in [0.717, 1.165) is 10.0 Å². The molecule has 0 bridgehead atoms. The smallest absolute Gasteiger partial charge is 0.237 e. The lowest BCUT2D eigenvalue weighted by Gasteiger charge is -2.21. The van der Waals surface area contributed by atoms with Crippen molar-refractivity contribution in [3.8, 4) is 0 Å². The van der Waals surface area contributed by atoms with Crippen LogP contribution >= 0.6 is 15.9 Å². The van der Waals surface area contributed by atoms with Gasteiger partial charge in [0.1, 0.15) is 0 Å². The van der Waals surface area contributed by atoms with Gasteiger partial charge < -0.3 is 16.0 Å². The van der Waals surface area contributed by atoms with Gasteiger partial charge in [0, 0.05) is 17.6 Å². The summed E-state index contributed by atoms with van der Waals surface area (Å²) in [5.41, 5.74) is 6.12. The first-order chi connectivity index (χ1) is 9.52. The predicted molar refractivity (Wildman–Crippen MR) is 81.8 cm³/mol. The molecule has 3 N–H and O–H groups in total. The van der Waals surface area contributed by atoms with Crippen LogP contribution in [-0.2, 0) is 16.1 Å². The Morgan fingerprint density at radius 3 is 2.55 bits per heavy atom. The Labute approximate surface area is 127 Å². The maximum Gasteiger partial charge on any atom is 0.237 e. The summed E-state index contributed by atoms with van der Waals surface area (Å²) in [6, 6.07) is 7.56. The van der Waals surface area contributed by atoms with Crippen LogP contribution in [0.25, 0.3) is 0 Å². The monoisotopic (exact) mass is 339 g/mol. The lowest BCUT2D eigenvalue weighted by atomic mass is 10.2. The molecule has 0 aliphatic rings. The largest absolute Gasteiger partial charge is 0.368 e. The Kier molecular flexibility index (Phi) is 6.97. The molecule has 2 amide bonds. The van der Waals surface area contributed by atoms with E-state index in [2.05, 4.69) is 27.8 Å². The van der Waals surface area contributed by atoms with Crippen molar-refractivity contribution in [2.75, 3.05) is 19.6 Å². The Bertz CT molecular complexity index is 474. The Morgan fingerprint density at radius 1 is 1.35 bits per heavy atom. The quantitative estimate of drug-likeness (QED) is 0.548. The van der Waals surface area contributed by atoms with Crippen LogP contribution < -0.4 is 11.1 Å². The fraction of sp³-hybridized carbons (Fsp3) is 0.286. The van der Waals surface area contributed by atoms with Crippen molar-refractivity contribution in [1.29, 1.82) is 0 Å². The highest BCUT2D eigenvalue weighted by Gasteiger charge is 2.15. The van der Waals surface area contributed by atoms with Gasteiger partial charge >= 0.3 is 0 Å². The van der Waals surface area contributed by atoms with E-state index in [1.165, 1.54) is 4.90 Å². The normalized spacial score (nSPS) is 10.1. The number of nitrogens with two attached hydrogens (primary N) is 1. The first-order valence-electron chi connectivity index (χ1n) is 6.15. The molecule has 6 heteroatoms. The second-order valence-electron chi connectivity index (χ2n) is 4.26. The number of primary amides is 1. The summed E-state index contributed by atoms with van der Waals surface area (Å²) in [6.45, 7) is 4.50. The molecule has 0 aliphatic carbocycles. The minimum atomic E-state index is -0.529. The summed E-state index contributed by atoms with van der Waals surface area (Å²) >= 11 is 3.35. The summed E-state index contributed by atoms with van der Waals surface area (Å²) in [6.07, 6.45) is 1.67. The number of carbonyl (C=O) groups is 2. The third-order valence-corrected chi connectivity index (χ3v) is 3.08. The van der Waals surface area contributed by atoms with Crippen molar-refractivity contribution in [2.24, 2.45) is 5.73 Å². The number of carbonyl (C=O) groups excluding carboxylic acids is 2. The number of nitrogens with one attached hydrogen (secondary N) is 1. The van der Waals surface area contributed by atoms with Crippen molar-refractivity contribution >= 4 is 27.7 Å². The summed E-state index contributed by atoms with van der Waals surface area (Å²) in [4.78, 5) is 24.5. The number of hydrogen-bond donors (Lipinski definition) is 2. The number of hydrogen-bond acceptors (Lipinski definition) is 3. The number of halogens is 1. The summed E-state index contributed by atoms with van der Waals surface area (Å²) in [7, 11) is 0. The van der Waals surface area contributed by atoms with Gasteiger partial charge in [0.25, 0.3) is 0 Å². The van der Waals surface area contributed by atoms with Gasteiger partial charge in [0.15, 0.2) is 0 Å². The molecule has 20 heavy (non-hydrogen) atoms. The van der Waals surface area contributed by atoms with Crippen molar-refractivity contribution in [2.45, 2.75) is 6.54 Å². The van der Waals surface area contributed by atoms with Crippen LogP contribution in [0.4, 0.5) is 0 Å². The summed E-state index contributed by atoms with van der Waals surface area (Å²) in [5, 5.41) is 2.91. The molecule has 108 valence electrons. The molecule has 0 fully saturated rings. The van der Waals surface area contributed by atoms with Gasteiger partial charge in [0.05, 0.1) is 13.1 Å². The van der Waals surface area contributed by atoms with Crippen LogP contribution in [0.3, 0.4) is 0 Å². The first-order valence-corrected chi connectivity index (χ1v) is 6.94. The maximum atomic E-state index is 12.0. The van der Waals surface area contributed by atoms with Crippen LogP contribution in [0.1, 0.15) is 5.56 Å². The second-order valence-corrected chi connectivity index (χ2v) is 5.18. The van der Waals surface area contributed by atoms with E-state index >= 15 is 0 Å². The van der Waals surface area contributed by atoms with E-state index in [-0.39, 0.29) is 19.0 Å². The van der Waals surface area contributed by atoms with Gasteiger partial charge in [-0.05, 0) is 17.7 Å². The predicted octanol–water partition coefficient (Wildman–Crippen LogP) is 1.04. The number of amides is 2. The highest BCUT2D eigenvalue weighted by atomic mass is 79.9. The van der Waals surface area contributed by atoms with Gasteiger partial charge in [-0.2, -0.15) is 0 Å².